The predicted octanol–water partition coefficient (Wildman–Crippen LogP) is -0.605. The first-order chi connectivity index (χ1) is 7.20. The summed E-state index contributed by atoms with van der Waals surface area (Å²) in [5, 5.41) is 3.26. The van der Waals surface area contributed by atoms with E-state index in [1.807, 2.05) is 14.1 Å². The van der Waals surface area contributed by atoms with Gasteiger partial charge in [-0.25, -0.2) is 9.78 Å². The third kappa shape index (κ3) is 4.71. The first-order valence-corrected chi connectivity index (χ1v) is 5.07. The minimum absolute atomic E-state index is 0.188. The van der Waals surface area contributed by atoms with E-state index in [0.29, 0.717) is 6.54 Å². The number of rotatable bonds is 6. The van der Waals surface area contributed by atoms with Crippen LogP contribution >= 0.6 is 0 Å². The van der Waals surface area contributed by atoms with Gasteiger partial charge in [-0.05, 0) is 20.2 Å². The van der Waals surface area contributed by atoms with Crippen LogP contribution in [0.5, 0.6) is 0 Å². The van der Waals surface area contributed by atoms with Crippen molar-refractivity contribution in [1.29, 1.82) is 0 Å². The Hall–Kier alpha value is -1.20. The highest BCUT2D eigenvalue weighted by Gasteiger charge is 1.94. The topological polar surface area (TPSA) is 50.2 Å². The average Bonchev–Trinajstić information content (AvgIpc) is 2.20. The molecule has 0 aliphatic carbocycles. The van der Waals surface area contributed by atoms with Gasteiger partial charge in [0.15, 0.2) is 0 Å². The minimum Gasteiger partial charge on any atom is -0.314 e. The summed E-state index contributed by atoms with van der Waals surface area (Å²) in [4.78, 5) is 17.0. The summed E-state index contributed by atoms with van der Waals surface area (Å²) in [6.07, 6.45) is 3.27. The zero-order chi connectivity index (χ0) is 11.1. The second-order valence-corrected chi connectivity index (χ2v) is 3.65. The van der Waals surface area contributed by atoms with E-state index in [1.165, 1.54) is 6.20 Å². The van der Waals surface area contributed by atoms with Crippen LogP contribution in [0.3, 0.4) is 0 Å². The molecule has 5 nitrogen and oxygen atoms in total. The van der Waals surface area contributed by atoms with Crippen LogP contribution in [-0.4, -0.2) is 48.2 Å². The fraction of sp³-hybridized carbons (Fsp3) is 0.600. The molecule has 84 valence electrons. The van der Waals surface area contributed by atoms with Gasteiger partial charge in [0.25, 0.3) is 0 Å². The normalized spacial score (nSPS) is 10.9. The van der Waals surface area contributed by atoms with E-state index in [0.717, 1.165) is 19.6 Å². The van der Waals surface area contributed by atoms with E-state index < -0.39 is 0 Å². The molecule has 0 aromatic carbocycles. The van der Waals surface area contributed by atoms with Crippen molar-refractivity contribution in [3.8, 4) is 0 Å². The van der Waals surface area contributed by atoms with Crippen molar-refractivity contribution in [2.24, 2.45) is 0 Å². The van der Waals surface area contributed by atoms with Gasteiger partial charge in [0, 0.05) is 38.6 Å². The molecule has 0 aliphatic heterocycles. The molecule has 5 heteroatoms. The molecule has 15 heavy (non-hydrogen) atoms. The maximum atomic E-state index is 11.2. The van der Waals surface area contributed by atoms with Crippen molar-refractivity contribution in [3.63, 3.8) is 0 Å². The second kappa shape index (κ2) is 6.31. The van der Waals surface area contributed by atoms with Crippen LogP contribution in [0.25, 0.3) is 0 Å². The molecule has 1 aromatic heterocycles. The highest BCUT2D eigenvalue weighted by Crippen LogP contribution is 1.78. The quantitative estimate of drug-likeness (QED) is 0.637. The van der Waals surface area contributed by atoms with E-state index in [1.54, 1.807) is 16.8 Å². The van der Waals surface area contributed by atoms with Crippen molar-refractivity contribution < 1.29 is 0 Å². The first kappa shape index (κ1) is 11.9. The lowest BCUT2D eigenvalue weighted by Gasteiger charge is -2.10. The van der Waals surface area contributed by atoms with Crippen LogP contribution in [0.2, 0.25) is 0 Å². The molecule has 0 spiro atoms. The molecule has 0 saturated carbocycles. The summed E-state index contributed by atoms with van der Waals surface area (Å²) in [6.45, 7) is 3.39. The van der Waals surface area contributed by atoms with E-state index >= 15 is 0 Å². The third-order valence-electron chi connectivity index (χ3n) is 2.05. The number of aromatic nitrogens is 2. The van der Waals surface area contributed by atoms with Crippen LogP contribution in [0.4, 0.5) is 0 Å². The van der Waals surface area contributed by atoms with Gasteiger partial charge >= 0.3 is 5.69 Å². The summed E-state index contributed by atoms with van der Waals surface area (Å²) in [5.74, 6) is 0. The fourth-order valence-corrected chi connectivity index (χ4v) is 1.18. The Kier molecular flexibility index (Phi) is 5.00. The van der Waals surface area contributed by atoms with Gasteiger partial charge in [-0.15, -0.1) is 0 Å². The Bertz CT molecular complexity index is 334. The van der Waals surface area contributed by atoms with Crippen LogP contribution in [0, 0.1) is 0 Å². The van der Waals surface area contributed by atoms with E-state index in [2.05, 4.69) is 15.2 Å². The number of nitrogens with zero attached hydrogens (tertiary/aromatic N) is 3. The number of likely N-dealkylation sites (N-methyl/N-ethyl adjacent to an activating group) is 1. The molecule has 1 N–H and O–H groups in total. The molecule has 1 rings (SSSR count). The third-order valence-corrected chi connectivity index (χ3v) is 2.05. The zero-order valence-corrected chi connectivity index (χ0v) is 9.31. The fourth-order valence-electron chi connectivity index (χ4n) is 1.18. The molecular weight excluding hydrogens is 192 g/mol. The molecule has 0 amide bonds. The maximum absolute atomic E-state index is 11.2. The van der Waals surface area contributed by atoms with E-state index in [9.17, 15) is 4.79 Å². The van der Waals surface area contributed by atoms with Gasteiger partial charge in [0.1, 0.15) is 0 Å². The Morgan fingerprint density at radius 3 is 2.93 bits per heavy atom. The zero-order valence-electron chi connectivity index (χ0n) is 9.31. The molecule has 0 radical (unpaired) electrons. The lowest BCUT2D eigenvalue weighted by atomic mass is 10.5. The Labute approximate surface area is 89.7 Å². The van der Waals surface area contributed by atoms with E-state index in [4.69, 9.17) is 0 Å². The summed E-state index contributed by atoms with van der Waals surface area (Å²) in [5.41, 5.74) is -0.188. The molecule has 0 atom stereocenters. The number of hydrogen-bond acceptors (Lipinski definition) is 4. The lowest BCUT2D eigenvalue weighted by Crippen LogP contribution is -2.31. The number of nitrogens with one attached hydrogen (secondary N) is 1. The molecule has 0 fully saturated rings. The van der Waals surface area contributed by atoms with Crippen LogP contribution in [0.15, 0.2) is 23.3 Å². The standard InChI is InChI=1S/C10H18N4O/c1-13(2)8-5-11-6-9-14-7-3-4-12-10(14)15/h3-4,7,11H,5-6,8-9H2,1-2H3. The Balaban J connectivity index is 2.21. The van der Waals surface area contributed by atoms with Gasteiger partial charge in [0.2, 0.25) is 0 Å². The SMILES string of the molecule is CN(C)CCNCCn1cccnc1=O. The minimum atomic E-state index is -0.188. The van der Waals surface area contributed by atoms with Crippen molar-refractivity contribution >= 4 is 0 Å². The molecule has 1 heterocycles. The van der Waals surface area contributed by atoms with Gasteiger partial charge in [-0.3, -0.25) is 4.57 Å². The van der Waals surface area contributed by atoms with E-state index in [-0.39, 0.29) is 5.69 Å². The summed E-state index contributed by atoms with van der Waals surface area (Å²) >= 11 is 0. The smallest absolute Gasteiger partial charge is 0.314 e. The highest BCUT2D eigenvalue weighted by atomic mass is 16.1. The monoisotopic (exact) mass is 210 g/mol. The van der Waals surface area contributed by atoms with Gasteiger partial charge in [-0.2, -0.15) is 0 Å². The van der Waals surface area contributed by atoms with Crippen molar-refractivity contribution in [2.45, 2.75) is 6.54 Å². The molecule has 0 saturated heterocycles. The van der Waals surface area contributed by atoms with Gasteiger partial charge in [-0.1, -0.05) is 0 Å². The molecular formula is C10H18N4O. The summed E-state index contributed by atoms with van der Waals surface area (Å²) in [6, 6.07) is 1.77. The molecule has 0 unspecified atom stereocenters. The lowest BCUT2D eigenvalue weighted by molar-refractivity contribution is 0.397. The number of hydrogen-bond donors (Lipinski definition) is 1. The Morgan fingerprint density at radius 1 is 1.47 bits per heavy atom. The molecule has 1 aromatic rings. The average molecular weight is 210 g/mol. The van der Waals surface area contributed by atoms with Crippen LogP contribution in [0.1, 0.15) is 0 Å². The summed E-state index contributed by atoms with van der Waals surface area (Å²) in [7, 11) is 4.07. The van der Waals surface area contributed by atoms with Crippen molar-refractivity contribution in [3.05, 3.63) is 28.9 Å². The van der Waals surface area contributed by atoms with Crippen molar-refractivity contribution in [1.82, 2.24) is 19.8 Å². The predicted molar refractivity (Wildman–Crippen MR) is 59.9 cm³/mol. The largest absolute Gasteiger partial charge is 0.347 e. The van der Waals surface area contributed by atoms with Crippen molar-refractivity contribution in [2.75, 3.05) is 33.7 Å². The Morgan fingerprint density at radius 2 is 2.27 bits per heavy atom. The maximum Gasteiger partial charge on any atom is 0.347 e. The summed E-state index contributed by atoms with van der Waals surface area (Å²) < 4.78 is 1.60. The highest BCUT2D eigenvalue weighted by molar-refractivity contribution is 4.80. The molecule has 0 bridgehead atoms. The second-order valence-electron chi connectivity index (χ2n) is 3.65. The van der Waals surface area contributed by atoms with Gasteiger partial charge < -0.3 is 10.2 Å². The first-order valence-electron chi connectivity index (χ1n) is 5.07. The molecule has 0 aliphatic rings. The van der Waals surface area contributed by atoms with Gasteiger partial charge in [0.05, 0.1) is 0 Å². The van der Waals surface area contributed by atoms with Crippen LogP contribution < -0.4 is 11.0 Å². The van der Waals surface area contributed by atoms with Crippen LogP contribution in [-0.2, 0) is 6.54 Å².